The van der Waals surface area contributed by atoms with Crippen LogP contribution < -0.4 is 9.62 Å². The summed E-state index contributed by atoms with van der Waals surface area (Å²) in [5.41, 5.74) is 3.92. The Morgan fingerprint density at radius 3 is 1.95 bits per heavy atom. The number of sulfonamides is 1. The maximum atomic E-state index is 14.5. The molecule has 1 N–H and O–H groups in total. The van der Waals surface area contributed by atoms with Crippen molar-refractivity contribution in [3.8, 4) is 0 Å². The minimum Gasteiger partial charge on any atom is -0.354 e. The lowest BCUT2D eigenvalue weighted by molar-refractivity contribution is -0.140. The van der Waals surface area contributed by atoms with Gasteiger partial charge in [-0.3, -0.25) is 13.9 Å². The molecule has 0 saturated carbocycles. The molecule has 4 rings (SSSR count). The molecule has 0 aliphatic rings. The molecule has 0 unspecified atom stereocenters. The predicted molar refractivity (Wildman–Crippen MR) is 176 cm³/mol. The SMILES string of the molecule is Cc1ccc(CN(C(=O)CN(c2ccccc2C)S(=O)(=O)c2ccccc2)[C@@H](Cc2ccccc2)C(=O)NCC(C)C)cc1. The van der Waals surface area contributed by atoms with Crippen molar-refractivity contribution in [2.24, 2.45) is 5.92 Å². The Labute approximate surface area is 261 Å². The van der Waals surface area contributed by atoms with Crippen molar-refractivity contribution in [3.05, 3.63) is 131 Å². The van der Waals surface area contributed by atoms with Gasteiger partial charge < -0.3 is 10.2 Å². The third kappa shape index (κ3) is 8.35. The number of benzene rings is 4. The van der Waals surface area contributed by atoms with Gasteiger partial charge in [-0.25, -0.2) is 8.42 Å². The quantitative estimate of drug-likeness (QED) is 0.204. The second-order valence-electron chi connectivity index (χ2n) is 11.5. The largest absolute Gasteiger partial charge is 0.354 e. The Hall–Kier alpha value is -4.43. The molecule has 0 aromatic heterocycles. The minimum absolute atomic E-state index is 0.0802. The van der Waals surface area contributed by atoms with E-state index in [4.69, 9.17) is 0 Å². The van der Waals surface area contributed by atoms with E-state index in [9.17, 15) is 18.0 Å². The predicted octanol–water partition coefficient (Wildman–Crippen LogP) is 5.91. The van der Waals surface area contributed by atoms with Gasteiger partial charge in [-0.15, -0.1) is 0 Å². The zero-order chi connectivity index (χ0) is 31.7. The minimum atomic E-state index is -4.12. The lowest BCUT2D eigenvalue weighted by Gasteiger charge is -2.34. The van der Waals surface area contributed by atoms with Crippen LogP contribution in [-0.2, 0) is 32.6 Å². The number of hydrogen-bond acceptors (Lipinski definition) is 4. The van der Waals surface area contributed by atoms with Crippen LogP contribution in [0.5, 0.6) is 0 Å². The number of rotatable bonds is 13. The average Bonchev–Trinajstić information content (AvgIpc) is 3.02. The van der Waals surface area contributed by atoms with Gasteiger partial charge >= 0.3 is 0 Å². The lowest BCUT2D eigenvalue weighted by atomic mass is 10.0. The molecule has 1 atom stereocenters. The van der Waals surface area contributed by atoms with Gasteiger partial charge in [0.1, 0.15) is 12.6 Å². The van der Waals surface area contributed by atoms with Gasteiger partial charge in [-0.05, 0) is 54.7 Å². The fourth-order valence-corrected chi connectivity index (χ4v) is 6.44. The molecule has 4 aromatic rings. The van der Waals surface area contributed by atoms with Gasteiger partial charge in [0, 0.05) is 19.5 Å². The van der Waals surface area contributed by atoms with E-state index in [1.807, 2.05) is 94.4 Å². The Morgan fingerprint density at radius 1 is 0.750 bits per heavy atom. The molecule has 4 aromatic carbocycles. The third-order valence-electron chi connectivity index (χ3n) is 7.42. The second-order valence-corrected chi connectivity index (χ2v) is 13.3. The summed E-state index contributed by atoms with van der Waals surface area (Å²) in [7, 11) is -4.12. The van der Waals surface area contributed by atoms with Crippen LogP contribution in [0.1, 0.15) is 36.1 Å². The number of nitrogens with zero attached hydrogens (tertiary/aromatic N) is 2. The molecule has 0 bridgehead atoms. The molecular formula is C36H41N3O4S. The van der Waals surface area contributed by atoms with E-state index in [2.05, 4.69) is 5.32 Å². The zero-order valence-electron chi connectivity index (χ0n) is 25.8. The number of carbonyl (C=O) groups excluding carboxylic acids is 2. The number of anilines is 1. The summed E-state index contributed by atoms with van der Waals surface area (Å²) >= 11 is 0. The molecule has 0 heterocycles. The lowest BCUT2D eigenvalue weighted by Crippen LogP contribution is -2.53. The van der Waals surface area contributed by atoms with Crippen molar-refractivity contribution in [1.29, 1.82) is 0 Å². The van der Waals surface area contributed by atoms with Gasteiger partial charge in [-0.2, -0.15) is 0 Å². The van der Waals surface area contributed by atoms with Crippen molar-refractivity contribution in [2.75, 3.05) is 17.4 Å². The molecule has 0 aliphatic heterocycles. The molecule has 7 nitrogen and oxygen atoms in total. The van der Waals surface area contributed by atoms with Crippen LogP contribution >= 0.6 is 0 Å². The van der Waals surface area contributed by atoms with E-state index >= 15 is 0 Å². The first-order chi connectivity index (χ1) is 21.1. The van der Waals surface area contributed by atoms with E-state index in [1.54, 1.807) is 30.3 Å². The van der Waals surface area contributed by atoms with E-state index < -0.39 is 28.5 Å². The Morgan fingerprint density at radius 2 is 1.34 bits per heavy atom. The summed E-state index contributed by atoms with van der Waals surface area (Å²) in [5.74, 6) is -0.546. The van der Waals surface area contributed by atoms with E-state index in [0.29, 0.717) is 17.8 Å². The molecule has 8 heteroatoms. The first-order valence-electron chi connectivity index (χ1n) is 14.9. The highest BCUT2D eigenvalue weighted by molar-refractivity contribution is 7.92. The smallest absolute Gasteiger partial charge is 0.264 e. The molecule has 0 fully saturated rings. The average molecular weight is 612 g/mol. The van der Waals surface area contributed by atoms with Crippen LogP contribution in [0, 0.1) is 19.8 Å². The molecule has 0 spiro atoms. The van der Waals surface area contributed by atoms with Crippen molar-refractivity contribution < 1.29 is 18.0 Å². The summed E-state index contributed by atoms with van der Waals surface area (Å²) in [5, 5.41) is 3.02. The maximum absolute atomic E-state index is 14.5. The zero-order valence-corrected chi connectivity index (χ0v) is 26.6. The number of amides is 2. The van der Waals surface area contributed by atoms with Gasteiger partial charge in [0.15, 0.2) is 0 Å². The fourth-order valence-electron chi connectivity index (χ4n) is 4.94. The number of hydrogen-bond donors (Lipinski definition) is 1. The topological polar surface area (TPSA) is 86.8 Å². The fraction of sp³-hybridized carbons (Fsp3) is 0.278. The van der Waals surface area contributed by atoms with E-state index in [1.165, 1.54) is 17.0 Å². The van der Waals surface area contributed by atoms with E-state index in [0.717, 1.165) is 21.0 Å². The van der Waals surface area contributed by atoms with Crippen LogP contribution in [-0.4, -0.2) is 44.3 Å². The Balaban J connectivity index is 1.79. The monoisotopic (exact) mass is 611 g/mol. The molecule has 230 valence electrons. The van der Waals surface area contributed by atoms with Gasteiger partial charge in [0.25, 0.3) is 10.0 Å². The van der Waals surface area contributed by atoms with Gasteiger partial charge in [0.2, 0.25) is 11.8 Å². The molecule has 44 heavy (non-hydrogen) atoms. The highest BCUT2D eigenvalue weighted by atomic mass is 32.2. The molecule has 0 aliphatic carbocycles. The van der Waals surface area contributed by atoms with Crippen LogP contribution in [0.3, 0.4) is 0 Å². The van der Waals surface area contributed by atoms with Crippen molar-refractivity contribution in [1.82, 2.24) is 10.2 Å². The number of nitrogens with one attached hydrogen (secondary N) is 1. The Kier molecular flexibility index (Phi) is 11.0. The van der Waals surface area contributed by atoms with Crippen molar-refractivity contribution in [3.63, 3.8) is 0 Å². The van der Waals surface area contributed by atoms with Crippen molar-refractivity contribution in [2.45, 2.75) is 51.6 Å². The summed E-state index contributed by atoms with van der Waals surface area (Å²) < 4.78 is 29.3. The second kappa shape index (κ2) is 14.8. The summed E-state index contributed by atoms with van der Waals surface area (Å²) in [4.78, 5) is 29.9. The highest BCUT2D eigenvalue weighted by Gasteiger charge is 2.35. The number of aryl methyl sites for hydroxylation is 2. The van der Waals surface area contributed by atoms with Crippen molar-refractivity contribution >= 4 is 27.5 Å². The molecule has 0 radical (unpaired) electrons. The molecule has 0 saturated heterocycles. The van der Waals surface area contributed by atoms with Crippen LogP contribution in [0.15, 0.2) is 114 Å². The maximum Gasteiger partial charge on any atom is 0.264 e. The molecular weight excluding hydrogens is 570 g/mol. The van der Waals surface area contributed by atoms with Gasteiger partial charge in [0.05, 0.1) is 10.6 Å². The Bertz CT molecular complexity index is 1640. The first-order valence-corrected chi connectivity index (χ1v) is 16.3. The summed E-state index contributed by atoms with van der Waals surface area (Å²) in [6.07, 6.45) is 0.276. The third-order valence-corrected chi connectivity index (χ3v) is 9.20. The highest BCUT2D eigenvalue weighted by Crippen LogP contribution is 2.27. The number of para-hydroxylation sites is 1. The van der Waals surface area contributed by atoms with E-state index in [-0.39, 0.29) is 29.7 Å². The van der Waals surface area contributed by atoms with Gasteiger partial charge in [-0.1, -0.05) is 110 Å². The summed E-state index contributed by atoms with van der Waals surface area (Å²) in [6, 6.07) is 31.7. The normalized spacial score (nSPS) is 12.0. The standard InChI is InChI=1S/C36H41N3O4S/c1-27(2)24-37-36(41)34(23-30-14-7-5-8-15-30)38(25-31-21-19-28(3)20-22-31)35(40)26-39(33-18-12-11-13-29(33)4)44(42,43)32-16-9-6-10-17-32/h5-22,27,34H,23-26H2,1-4H3,(H,37,41)/t34-/m0/s1. The van der Waals surface area contributed by atoms with Crippen LogP contribution in [0.25, 0.3) is 0 Å². The summed E-state index contributed by atoms with van der Waals surface area (Å²) in [6.45, 7) is 7.93. The van der Waals surface area contributed by atoms with Crippen LogP contribution in [0.2, 0.25) is 0 Å². The first kappa shape index (κ1) is 32.5. The molecule has 2 amide bonds. The number of carbonyl (C=O) groups is 2. The van der Waals surface area contributed by atoms with Crippen LogP contribution in [0.4, 0.5) is 5.69 Å².